The number of nitrogens with one attached hydrogen (secondary N) is 1. The summed E-state index contributed by atoms with van der Waals surface area (Å²) in [5, 5.41) is 11.9. The van der Waals surface area contributed by atoms with E-state index in [-0.39, 0.29) is 11.8 Å². The molecule has 0 spiro atoms. The molecule has 0 bridgehead atoms. The van der Waals surface area contributed by atoms with Gasteiger partial charge in [0.1, 0.15) is 6.26 Å². The molecule has 148 valence electrons. The van der Waals surface area contributed by atoms with Gasteiger partial charge in [0.15, 0.2) is 5.13 Å². The fourth-order valence-electron chi connectivity index (χ4n) is 3.53. The van der Waals surface area contributed by atoms with Crippen LogP contribution in [0, 0.1) is 0 Å². The summed E-state index contributed by atoms with van der Waals surface area (Å²) in [5.74, 6) is 1.31. The third-order valence-electron chi connectivity index (χ3n) is 5.05. The number of thiazole rings is 1. The van der Waals surface area contributed by atoms with Crippen LogP contribution in [0.15, 0.2) is 51.7 Å². The van der Waals surface area contributed by atoms with Crippen LogP contribution in [-0.4, -0.2) is 45.6 Å². The fraction of sp³-hybridized carbons (Fsp3) is 0.300. The Balaban J connectivity index is 1.14. The number of aromatic nitrogens is 3. The number of benzene rings is 1. The van der Waals surface area contributed by atoms with E-state index in [1.807, 2.05) is 24.3 Å². The van der Waals surface area contributed by atoms with Crippen molar-refractivity contribution in [2.75, 3.05) is 25.0 Å². The molecule has 3 aromatic heterocycles. The van der Waals surface area contributed by atoms with Crippen LogP contribution in [-0.2, 0) is 4.79 Å². The number of para-hydroxylation sites is 1. The number of amides is 1. The Bertz CT molecular complexity index is 1080. The summed E-state index contributed by atoms with van der Waals surface area (Å²) >= 11 is 1.49. The van der Waals surface area contributed by atoms with E-state index in [1.165, 1.54) is 11.3 Å². The van der Waals surface area contributed by atoms with E-state index in [2.05, 4.69) is 25.4 Å². The Morgan fingerprint density at radius 3 is 2.86 bits per heavy atom. The normalized spacial score (nSPS) is 15.7. The second kappa shape index (κ2) is 7.76. The first-order valence-electron chi connectivity index (χ1n) is 9.48. The molecule has 1 aliphatic heterocycles. The molecule has 4 heterocycles. The molecular weight excluding hydrogens is 390 g/mol. The summed E-state index contributed by atoms with van der Waals surface area (Å²) < 4.78 is 11.9. The number of furan rings is 1. The average Bonchev–Trinajstić information content (AvgIpc) is 3.48. The molecule has 1 fully saturated rings. The first-order valence-corrected chi connectivity index (χ1v) is 10.3. The lowest BCUT2D eigenvalue weighted by Gasteiger charge is -2.29. The van der Waals surface area contributed by atoms with Gasteiger partial charge in [-0.15, -0.1) is 10.2 Å². The van der Waals surface area contributed by atoms with E-state index in [1.54, 1.807) is 18.6 Å². The topological polar surface area (TPSA) is 97.3 Å². The van der Waals surface area contributed by atoms with Crippen molar-refractivity contribution >= 4 is 32.6 Å². The minimum atomic E-state index is -0.0393. The molecule has 1 N–H and O–H groups in total. The van der Waals surface area contributed by atoms with E-state index < -0.39 is 0 Å². The summed E-state index contributed by atoms with van der Waals surface area (Å²) in [6.07, 6.45) is 4.92. The summed E-state index contributed by atoms with van der Waals surface area (Å²) in [4.78, 5) is 19.0. The Labute approximate surface area is 170 Å². The molecule has 0 unspecified atom stereocenters. The number of hydrogen-bond acceptors (Lipinski definition) is 8. The predicted octanol–water partition coefficient (Wildman–Crippen LogP) is 3.76. The average molecular weight is 409 g/mol. The molecule has 1 aromatic carbocycles. The molecule has 1 saturated heterocycles. The SMILES string of the molecule is O=C(CN1CCC(c2nnc(-c3ccoc3)o2)CC1)Nc1nc2ccccc2s1. The highest BCUT2D eigenvalue weighted by molar-refractivity contribution is 7.22. The van der Waals surface area contributed by atoms with Crippen molar-refractivity contribution in [3.05, 3.63) is 48.7 Å². The smallest absolute Gasteiger partial charge is 0.250 e. The molecule has 1 amide bonds. The van der Waals surface area contributed by atoms with Crippen molar-refractivity contribution in [1.29, 1.82) is 0 Å². The van der Waals surface area contributed by atoms with Crippen molar-refractivity contribution in [1.82, 2.24) is 20.1 Å². The van der Waals surface area contributed by atoms with Gasteiger partial charge in [0.25, 0.3) is 5.89 Å². The number of carbonyl (C=O) groups is 1. The van der Waals surface area contributed by atoms with Gasteiger partial charge in [-0.1, -0.05) is 23.5 Å². The van der Waals surface area contributed by atoms with E-state index >= 15 is 0 Å². The van der Waals surface area contributed by atoms with Crippen LogP contribution in [0.5, 0.6) is 0 Å². The maximum absolute atomic E-state index is 12.4. The maximum Gasteiger partial charge on any atom is 0.250 e. The molecule has 5 rings (SSSR count). The van der Waals surface area contributed by atoms with E-state index in [0.29, 0.717) is 23.5 Å². The van der Waals surface area contributed by atoms with E-state index in [9.17, 15) is 4.79 Å². The van der Waals surface area contributed by atoms with Gasteiger partial charge in [0.05, 0.1) is 28.6 Å². The molecule has 9 heteroatoms. The molecular formula is C20H19N5O3S. The molecule has 8 nitrogen and oxygen atoms in total. The van der Waals surface area contributed by atoms with Gasteiger partial charge < -0.3 is 14.2 Å². The number of hydrogen-bond donors (Lipinski definition) is 1. The van der Waals surface area contributed by atoms with Crippen LogP contribution in [0.3, 0.4) is 0 Å². The molecule has 0 saturated carbocycles. The predicted molar refractivity (Wildman–Crippen MR) is 109 cm³/mol. The summed E-state index contributed by atoms with van der Waals surface area (Å²) in [6, 6.07) is 9.66. The van der Waals surface area contributed by atoms with Gasteiger partial charge in [-0.2, -0.15) is 0 Å². The van der Waals surface area contributed by atoms with E-state index in [4.69, 9.17) is 8.83 Å². The number of likely N-dealkylation sites (tertiary alicyclic amines) is 1. The molecule has 1 aliphatic rings. The first-order chi connectivity index (χ1) is 14.2. The quantitative estimate of drug-likeness (QED) is 0.536. The number of piperidine rings is 1. The number of carbonyl (C=O) groups excluding carboxylic acids is 1. The van der Waals surface area contributed by atoms with Crippen LogP contribution in [0.2, 0.25) is 0 Å². The van der Waals surface area contributed by atoms with Crippen molar-refractivity contribution in [3.8, 4) is 11.5 Å². The Hall–Kier alpha value is -3.04. The van der Waals surface area contributed by atoms with Crippen molar-refractivity contribution in [2.45, 2.75) is 18.8 Å². The van der Waals surface area contributed by atoms with E-state index in [0.717, 1.165) is 41.7 Å². The van der Waals surface area contributed by atoms with Crippen molar-refractivity contribution < 1.29 is 13.6 Å². The Kier molecular flexibility index (Phi) is 4.82. The third kappa shape index (κ3) is 3.92. The van der Waals surface area contributed by atoms with Crippen LogP contribution < -0.4 is 5.32 Å². The van der Waals surface area contributed by atoms with Gasteiger partial charge in [-0.05, 0) is 44.1 Å². The molecule has 0 atom stereocenters. The fourth-order valence-corrected chi connectivity index (χ4v) is 4.41. The van der Waals surface area contributed by atoms with Gasteiger partial charge in [-0.3, -0.25) is 9.69 Å². The molecule has 4 aromatic rings. The number of nitrogens with zero attached hydrogens (tertiary/aromatic N) is 4. The second-order valence-corrected chi connectivity index (χ2v) is 8.07. The lowest BCUT2D eigenvalue weighted by atomic mass is 9.97. The number of fused-ring (bicyclic) bond motifs is 1. The Morgan fingerprint density at radius 2 is 2.07 bits per heavy atom. The minimum Gasteiger partial charge on any atom is -0.472 e. The van der Waals surface area contributed by atoms with Crippen LogP contribution in [0.1, 0.15) is 24.7 Å². The van der Waals surface area contributed by atoms with Crippen LogP contribution >= 0.6 is 11.3 Å². The summed E-state index contributed by atoms with van der Waals surface area (Å²) in [7, 11) is 0. The monoisotopic (exact) mass is 409 g/mol. The molecule has 0 aliphatic carbocycles. The van der Waals surface area contributed by atoms with Crippen LogP contribution in [0.25, 0.3) is 21.7 Å². The maximum atomic E-state index is 12.4. The zero-order valence-electron chi connectivity index (χ0n) is 15.6. The summed E-state index contributed by atoms with van der Waals surface area (Å²) in [5.41, 5.74) is 1.69. The van der Waals surface area contributed by atoms with Crippen molar-refractivity contribution in [3.63, 3.8) is 0 Å². The zero-order chi connectivity index (χ0) is 19.6. The highest BCUT2D eigenvalue weighted by Crippen LogP contribution is 2.29. The second-order valence-electron chi connectivity index (χ2n) is 7.04. The van der Waals surface area contributed by atoms with Gasteiger partial charge in [0.2, 0.25) is 11.8 Å². The third-order valence-corrected chi connectivity index (χ3v) is 6.00. The van der Waals surface area contributed by atoms with Crippen LogP contribution in [0.4, 0.5) is 5.13 Å². The number of rotatable bonds is 5. The highest BCUT2D eigenvalue weighted by Gasteiger charge is 2.26. The Morgan fingerprint density at radius 1 is 1.21 bits per heavy atom. The standard InChI is InChI=1S/C20H19N5O3S/c26-17(22-20-21-15-3-1-2-4-16(15)29-20)11-25-8-5-13(6-9-25)18-23-24-19(28-18)14-7-10-27-12-14/h1-4,7,10,12-13H,5-6,8-9,11H2,(H,21,22,26). The number of anilines is 1. The highest BCUT2D eigenvalue weighted by atomic mass is 32.1. The summed E-state index contributed by atoms with van der Waals surface area (Å²) in [6.45, 7) is 1.97. The largest absolute Gasteiger partial charge is 0.472 e. The molecule has 29 heavy (non-hydrogen) atoms. The van der Waals surface area contributed by atoms with Gasteiger partial charge in [-0.25, -0.2) is 4.98 Å². The van der Waals surface area contributed by atoms with Crippen molar-refractivity contribution in [2.24, 2.45) is 0 Å². The first kappa shape index (κ1) is 18.0. The van der Waals surface area contributed by atoms with Gasteiger partial charge in [0, 0.05) is 5.92 Å². The lowest BCUT2D eigenvalue weighted by Crippen LogP contribution is -2.38. The zero-order valence-corrected chi connectivity index (χ0v) is 16.4. The molecule has 0 radical (unpaired) electrons. The lowest BCUT2D eigenvalue weighted by molar-refractivity contribution is -0.117. The minimum absolute atomic E-state index is 0.0393. The van der Waals surface area contributed by atoms with Gasteiger partial charge >= 0.3 is 0 Å².